The molecule has 2 aliphatic carbocycles. The molecule has 0 aliphatic heterocycles. The summed E-state index contributed by atoms with van der Waals surface area (Å²) in [7, 11) is 0. The Morgan fingerprint density at radius 1 is 0.732 bits per heavy atom. The lowest BCUT2D eigenvalue weighted by molar-refractivity contribution is -0.142. The summed E-state index contributed by atoms with van der Waals surface area (Å²) in [6.45, 7) is 8.56. The van der Waals surface area contributed by atoms with Crippen LogP contribution in [-0.2, 0) is 38.1 Å². The van der Waals surface area contributed by atoms with Crippen molar-refractivity contribution in [1.82, 2.24) is 4.98 Å². The lowest BCUT2D eigenvalue weighted by atomic mass is 9.87. The number of hydrazone groups is 1. The minimum absolute atomic E-state index is 0.0645. The van der Waals surface area contributed by atoms with Gasteiger partial charge in [-0.25, -0.2) is 14.6 Å². The number of thiazole rings is 1. The predicted octanol–water partition coefficient (Wildman–Crippen LogP) is 7.72. The highest BCUT2D eigenvalue weighted by atomic mass is 32.1. The molecule has 3 aromatic rings. The van der Waals surface area contributed by atoms with E-state index in [4.69, 9.17) is 28.4 Å². The first kappa shape index (κ1) is 42.2. The Morgan fingerprint density at radius 2 is 1.29 bits per heavy atom. The fraction of sp³-hybridized carbons (Fsp3) is 0.476. The van der Waals surface area contributed by atoms with Crippen molar-refractivity contribution in [3.8, 4) is 11.5 Å². The summed E-state index contributed by atoms with van der Waals surface area (Å²) in [5.74, 6) is -1.42. The fourth-order valence-corrected chi connectivity index (χ4v) is 7.37. The Bertz CT molecular complexity index is 1780. The smallest absolute Gasteiger partial charge is 0.330 e. The summed E-state index contributed by atoms with van der Waals surface area (Å²) in [6.07, 6.45) is 12.5. The van der Waals surface area contributed by atoms with Gasteiger partial charge in [0, 0.05) is 30.9 Å². The minimum Gasteiger partial charge on any atom is -0.463 e. The third-order valence-electron chi connectivity index (χ3n) is 9.69. The van der Waals surface area contributed by atoms with Gasteiger partial charge in [0.15, 0.2) is 0 Å². The Hall–Kier alpha value is -4.92. The number of anilines is 1. The van der Waals surface area contributed by atoms with Crippen molar-refractivity contribution in [3.05, 3.63) is 73.3 Å². The number of hydrogen-bond acceptors (Lipinski definition) is 14. The first-order valence-corrected chi connectivity index (χ1v) is 20.2. The van der Waals surface area contributed by atoms with Crippen molar-refractivity contribution in [3.63, 3.8) is 0 Å². The van der Waals surface area contributed by atoms with Crippen LogP contribution in [0.3, 0.4) is 0 Å². The lowest BCUT2D eigenvalue weighted by Crippen LogP contribution is -2.29. The van der Waals surface area contributed by atoms with Gasteiger partial charge in [0.1, 0.15) is 11.5 Å². The van der Waals surface area contributed by atoms with Crippen LogP contribution in [0.15, 0.2) is 72.9 Å². The van der Waals surface area contributed by atoms with Gasteiger partial charge < -0.3 is 28.4 Å². The normalized spacial score (nSPS) is 19.6. The number of rotatable bonds is 21. The molecule has 2 fully saturated rings. The quantitative estimate of drug-likeness (QED) is 0.0280. The van der Waals surface area contributed by atoms with E-state index in [2.05, 4.69) is 28.7 Å². The van der Waals surface area contributed by atoms with E-state index in [9.17, 15) is 19.2 Å². The summed E-state index contributed by atoms with van der Waals surface area (Å²) in [5, 5.41) is 4.99. The maximum atomic E-state index is 13.4. The number of benzene rings is 2. The molecule has 2 saturated carbocycles. The fourth-order valence-electron chi connectivity index (χ4n) is 6.55. The Kier molecular flexibility index (Phi) is 17.0. The molecule has 2 aromatic carbocycles. The van der Waals surface area contributed by atoms with E-state index >= 15 is 0 Å². The molecule has 0 radical (unpaired) electrons. The van der Waals surface area contributed by atoms with Crippen molar-refractivity contribution in [2.75, 3.05) is 31.9 Å². The molecule has 14 heteroatoms. The van der Waals surface area contributed by atoms with Gasteiger partial charge in [-0.2, -0.15) is 5.10 Å². The number of para-hydroxylation sites is 1. The molecule has 1 aromatic heterocycles. The molecule has 0 atom stereocenters. The molecule has 1 heterocycles. The Labute approximate surface area is 331 Å². The van der Waals surface area contributed by atoms with Crippen LogP contribution in [0.25, 0.3) is 10.2 Å². The monoisotopic (exact) mass is 789 g/mol. The molecular formula is C42H51N3O10S. The molecule has 56 heavy (non-hydrogen) atoms. The van der Waals surface area contributed by atoms with Gasteiger partial charge in [0.25, 0.3) is 0 Å². The molecule has 0 amide bonds. The summed E-state index contributed by atoms with van der Waals surface area (Å²) in [4.78, 5) is 53.5. The average Bonchev–Trinajstić information content (AvgIpc) is 3.64. The van der Waals surface area contributed by atoms with Crippen molar-refractivity contribution in [2.45, 2.75) is 89.3 Å². The van der Waals surface area contributed by atoms with Crippen LogP contribution in [0.1, 0.15) is 82.6 Å². The Morgan fingerprint density at radius 3 is 1.86 bits per heavy atom. The third-order valence-corrected chi connectivity index (χ3v) is 10.6. The van der Waals surface area contributed by atoms with Crippen LogP contribution in [-0.4, -0.2) is 73.7 Å². The second kappa shape index (κ2) is 22.6. The molecule has 13 nitrogen and oxygen atoms in total. The van der Waals surface area contributed by atoms with Gasteiger partial charge in [0.05, 0.1) is 53.7 Å². The topological polar surface area (TPSA) is 161 Å². The number of esters is 4. The second-order valence-corrected chi connectivity index (χ2v) is 14.8. The summed E-state index contributed by atoms with van der Waals surface area (Å²) < 4.78 is 34.8. The largest absolute Gasteiger partial charge is 0.463 e. The molecule has 1 N–H and O–H groups in total. The number of nitrogens with zero attached hydrogens (tertiary/aromatic N) is 2. The first-order chi connectivity index (χ1) is 27.3. The number of unbranched alkanes of at least 4 members (excludes halogenated alkanes) is 2. The van der Waals surface area contributed by atoms with Crippen LogP contribution in [0.2, 0.25) is 0 Å². The van der Waals surface area contributed by atoms with E-state index in [1.54, 1.807) is 18.2 Å². The zero-order chi connectivity index (χ0) is 39.5. The summed E-state index contributed by atoms with van der Waals surface area (Å²) >= 11 is 1.46. The van der Waals surface area contributed by atoms with E-state index in [1.807, 2.05) is 24.3 Å². The summed E-state index contributed by atoms with van der Waals surface area (Å²) in [5.41, 5.74) is 4.29. The Balaban J connectivity index is 1.12. The van der Waals surface area contributed by atoms with E-state index in [0.717, 1.165) is 60.9 Å². The van der Waals surface area contributed by atoms with E-state index < -0.39 is 11.9 Å². The molecule has 0 bridgehead atoms. The summed E-state index contributed by atoms with van der Waals surface area (Å²) in [6, 6.07) is 12.7. The molecule has 5 rings (SSSR count). The number of ether oxygens (including phenoxy) is 6. The van der Waals surface area contributed by atoms with E-state index in [1.165, 1.54) is 17.6 Å². The molecule has 0 saturated heterocycles. The van der Waals surface area contributed by atoms with Crippen molar-refractivity contribution >= 4 is 56.8 Å². The molecule has 0 unspecified atom stereocenters. The SMILES string of the molecule is C=CC(=O)OCCCCOC1CCC(C(=O)Oc2ccc(OC(=O)C3CCC(OCCCCOC(=O)C=C)CC3)c(/C=N/Nc3nc4ccccc4s3)c2)CC1. The highest BCUT2D eigenvalue weighted by Gasteiger charge is 2.30. The maximum Gasteiger partial charge on any atom is 0.330 e. The number of carbonyl (C=O) groups excluding carboxylic acids is 4. The molecular weight excluding hydrogens is 739 g/mol. The number of nitrogens with one attached hydrogen (secondary N) is 1. The third kappa shape index (κ3) is 13.7. The highest BCUT2D eigenvalue weighted by molar-refractivity contribution is 7.22. The molecule has 0 spiro atoms. The van der Waals surface area contributed by atoms with E-state index in [-0.39, 0.29) is 36.0 Å². The molecule has 2 aliphatic rings. The van der Waals surface area contributed by atoms with Crippen LogP contribution in [0.4, 0.5) is 5.13 Å². The second-order valence-electron chi connectivity index (χ2n) is 13.7. The van der Waals surface area contributed by atoms with Gasteiger partial charge in [0.2, 0.25) is 5.13 Å². The van der Waals surface area contributed by atoms with Gasteiger partial charge in [-0.3, -0.25) is 15.0 Å². The van der Waals surface area contributed by atoms with E-state index in [0.29, 0.717) is 87.1 Å². The van der Waals surface area contributed by atoms with Gasteiger partial charge in [-0.1, -0.05) is 36.6 Å². The number of aromatic nitrogens is 1. The van der Waals surface area contributed by atoms with Gasteiger partial charge in [-0.15, -0.1) is 0 Å². The van der Waals surface area contributed by atoms with Crippen molar-refractivity contribution < 1.29 is 47.6 Å². The zero-order valence-corrected chi connectivity index (χ0v) is 32.5. The van der Waals surface area contributed by atoms with Crippen molar-refractivity contribution in [2.24, 2.45) is 16.9 Å². The number of hydrogen-bond donors (Lipinski definition) is 1. The van der Waals surface area contributed by atoms with Crippen LogP contribution in [0.5, 0.6) is 11.5 Å². The highest BCUT2D eigenvalue weighted by Crippen LogP contribution is 2.32. The average molecular weight is 790 g/mol. The number of fused-ring (bicyclic) bond motifs is 1. The van der Waals surface area contributed by atoms with Crippen molar-refractivity contribution in [1.29, 1.82) is 0 Å². The minimum atomic E-state index is -0.427. The van der Waals surface area contributed by atoms with Crippen LogP contribution in [0, 0.1) is 11.8 Å². The maximum absolute atomic E-state index is 13.4. The lowest BCUT2D eigenvalue weighted by Gasteiger charge is -2.27. The number of carbonyl (C=O) groups is 4. The van der Waals surface area contributed by atoms with Crippen LogP contribution < -0.4 is 14.9 Å². The molecule has 300 valence electrons. The standard InChI is InChI=1S/C42H51N3O10S/c1-3-38(46)52-25-9-7-23-50-32-17-13-29(14-18-32)40(48)54-34-21-22-36(31(27-34)28-43-45-42-44-35-11-5-6-12-37(35)56-42)55-41(49)30-15-19-33(20-16-30)51-24-8-10-26-53-39(47)4-2/h3-6,11-12,21-22,27-30,32-33H,1-2,7-10,13-20,23-26H2,(H,44,45)/b43-28+. The zero-order valence-electron chi connectivity index (χ0n) is 31.7. The van der Waals surface area contributed by atoms with Crippen LogP contribution >= 0.6 is 11.3 Å². The first-order valence-electron chi connectivity index (χ1n) is 19.3. The predicted molar refractivity (Wildman–Crippen MR) is 213 cm³/mol. The van der Waals surface area contributed by atoms with Gasteiger partial charge >= 0.3 is 23.9 Å². The van der Waals surface area contributed by atoms with Gasteiger partial charge in [-0.05, 0) is 107 Å².